The second-order valence-corrected chi connectivity index (χ2v) is 4.07. The molecule has 0 saturated heterocycles. The maximum Gasteiger partial charge on any atom is 0.234 e. The number of nitrogens with one attached hydrogen (secondary N) is 2. The third kappa shape index (κ3) is 4.02. The van der Waals surface area contributed by atoms with Crippen molar-refractivity contribution in [2.75, 3.05) is 6.54 Å². The summed E-state index contributed by atoms with van der Waals surface area (Å²) >= 11 is 0. The van der Waals surface area contributed by atoms with E-state index in [0.717, 1.165) is 11.5 Å². The van der Waals surface area contributed by atoms with Crippen LogP contribution in [0.5, 0.6) is 0 Å². The van der Waals surface area contributed by atoms with Crippen molar-refractivity contribution in [2.24, 2.45) is 0 Å². The van der Waals surface area contributed by atoms with Crippen LogP contribution in [0.1, 0.15) is 31.2 Å². The number of aromatic nitrogens is 1. The molecule has 0 unspecified atom stereocenters. The van der Waals surface area contributed by atoms with E-state index in [1.54, 1.807) is 0 Å². The SMILES string of the molecule is Cc1nc(CNCC(=O)NC(C)C)oc1C. The fourth-order valence-electron chi connectivity index (χ4n) is 1.27. The van der Waals surface area contributed by atoms with Crippen molar-refractivity contribution in [1.29, 1.82) is 0 Å². The van der Waals surface area contributed by atoms with Gasteiger partial charge in [-0.25, -0.2) is 4.98 Å². The van der Waals surface area contributed by atoms with Crippen molar-refractivity contribution < 1.29 is 9.21 Å². The van der Waals surface area contributed by atoms with E-state index in [4.69, 9.17) is 4.42 Å². The third-order valence-corrected chi connectivity index (χ3v) is 2.08. The number of oxazole rings is 1. The molecule has 16 heavy (non-hydrogen) atoms. The van der Waals surface area contributed by atoms with Gasteiger partial charge in [0.25, 0.3) is 0 Å². The molecule has 1 amide bonds. The first kappa shape index (κ1) is 12.7. The summed E-state index contributed by atoms with van der Waals surface area (Å²) in [5.74, 6) is 1.42. The summed E-state index contributed by atoms with van der Waals surface area (Å²) in [6.07, 6.45) is 0. The minimum absolute atomic E-state index is 0.0185. The average molecular weight is 225 g/mol. The van der Waals surface area contributed by atoms with Gasteiger partial charge in [0.1, 0.15) is 5.76 Å². The highest BCUT2D eigenvalue weighted by molar-refractivity contribution is 5.78. The Morgan fingerprint density at radius 3 is 2.62 bits per heavy atom. The van der Waals surface area contributed by atoms with Crippen LogP contribution in [0.3, 0.4) is 0 Å². The van der Waals surface area contributed by atoms with Crippen LogP contribution in [-0.4, -0.2) is 23.5 Å². The number of hydrogen-bond acceptors (Lipinski definition) is 4. The number of nitrogens with zero attached hydrogens (tertiary/aromatic N) is 1. The van der Waals surface area contributed by atoms with Crippen LogP contribution in [0.25, 0.3) is 0 Å². The Morgan fingerprint density at radius 2 is 2.12 bits per heavy atom. The van der Waals surface area contributed by atoms with Crippen LogP contribution in [0.2, 0.25) is 0 Å². The molecule has 2 N–H and O–H groups in total. The number of aryl methyl sites for hydroxylation is 2. The Kier molecular flexibility index (Phi) is 4.49. The fraction of sp³-hybridized carbons (Fsp3) is 0.636. The van der Waals surface area contributed by atoms with Crippen molar-refractivity contribution in [2.45, 2.75) is 40.3 Å². The molecule has 1 aromatic heterocycles. The van der Waals surface area contributed by atoms with Crippen LogP contribution in [0, 0.1) is 13.8 Å². The van der Waals surface area contributed by atoms with Crippen molar-refractivity contribution in [3.05, 3.63) is 17.3 Å². The van der Waals surface area contributed by atoms with Crippen LogP contribution < -0.4 is 10.6 Å². The van der Waals surface area contributed by atoms with Gasteiger partial charge in [0.05, 0.1) is 18.8 Å². The van der Waals surface area contributed by atoms with E-state index in [9.17, 15) is 4.79 Å². The molecule has 5 heteroatoms. The van der Waals surface area contributed by atoms with E-state index < -0.39 is 0 Å². The fourth-order valence-corrected chi connectivity index (χ4v) is 1.27. The minimum Gasteiger partial charge on any atom is -0.444 e. The van der Waals surface area contributed by atoms with E-state index >= 15 is 0 Å². The number of carbonyl (C=O) groups is 1. The molecule has 0 aliphatic rings. The molecular formula is C11H19N3O2. The lowest BCUT2D eigenvalue weighted by Crippen LogP contribution is -2.37. The topological polar surface area (TPSA) is 67.2 Å². The normalized spacial score (nSPS) is 10.8. The quantitative estimate of drug-likeness (QED) is 0.781. The van der Waals surface area contributed by atoms with Crippen molar-refractivity contribution in [3.8, 4) is 0 Å². The second kappa shape index (κ2) is 5.65. The van der Waals surface area contributed by atoms with Gasteiger partial charge >= 0.3 is 0 Å². The average Bonchev–Trinajstić information content (AvgIpc) is 2.44. The molecule has 1 heterocycles. The molecule has 0 aliphatic carbocycles. The zero-order valence-corrected chi connectivity index (χ0v) is 10.3. The lowest BCUT2D eigenvalue weighted by molar-refractivity contribution is -0.120. The van der Waals surface area contributed by atoms with Gasteiger partial charge in [-0.05, 0) is 27.7 Å². The van der Waals surface area contributed by atoms with Gasteiger partial charge in [0.2, 0.25) is 11.8 Å². The summed E-state index contributed by atoms with van der Waals surface area (Å²) in [5, 5.41) is 5.77. The highest BCUT2D eigenvalue weighted by Gasteiger charge is 2.06. The Balaban J connectivity index is 2.28. The monoisotopic (exact) mass is 225 g/mol. The lowest BCUT2D eigenvalue weighted by atomic mass is 10.4. The molecule has 90 valence electrons. The number of rotatable bonds is 5. The largest absolute Gasteiger partial charge is 0.444 e. The number of amides is 1. The highest BCUT2D eigenvalue weighted by Crippen LogP contribution is 2.07. The van der Waals surface area contributed by atoms with E-state index in [2.05, 4.69) is 15.6 Å². The molecule has 0 aliphatic heterocycles. The van der Waals surface area contributed by atoms with Crippen molar-refractivity contribution >= 4 is 5.91 Å². The minimum atomic E-state index is -0.0185. The standard InChI is InChI=1S/C11H19N3O2/c1-7(2)13-10(15)5-12-6-11-14-8(3)9(4)16-11/h7,12H,5-6H2,1-4H3,(H,13,15). The zero-order valence-electron chi connectivity index (χ0n) is 10.3. The first-order valence-corrected chi connectivity index (χ1v) is 5.42. The maximum absolute atomic E-state index is 11.3. The second-order valence-electron chi connectivity index (χ2n) is 4.07. The van der Waals surface area contributed by atoms with Gasteiger partial charge in [-0.3, -0.25) is 10.1 Å². The van der Waals surface area contributed by atoms with Gasteiger partial charge in [-0.1, -0.05) is 0 Å². The Hall–Kier alpha value is -1.36. The van der Waals surface area contributed by atoms with Gasteiger partial charge in [0.15, 0.2) is 0 Å². The molecule has 0 bridgehead atoms. The van der Waals surface area contributed by atoms with Gasteiger partial charge < -0.3 is 9.73 Å². The maximum atomic E-state index is 11.3. The molecule has 0 atom stereocenters. The smallest absolute Gasteiger partial charge is 0.234 e. The Bertz CT molecular complexity index is 339. The van der Waals surface area contributed by atoms with Crippen molar-refractivity contribution in [3.63, 3.8) is 0 Å². The molecule has 0 spiro atoms. The van der Waals surface area contributed by atoms with E-state index in [1.807, 2.05) is 27.7 Å². The van der Waals surface area contributed by atoms with Crippen molar-refractivity contribution in [1.82, 2.24) is 15.6 Å². The molecule has 0 aromatic carbocycles. The van der Waals surface area contributed by atoms with Crippen LogP contribution in [0.4, 0.5) is 0 Å². The predicted octanol–water partition coefficient (Wildman–Crippen LogP) is 0.906. The Morgan fingerprint density at radius 1 is 1.44 bits per heavy atom. The van der Waals surface area contributed by atoms with Crippen LogP contribution >= 0.6 is 0 Å². The molecule has 1 rings (SSSR count). The van der Waals surface area contributed by atoms with E-state index in [1.165, 1.54) is 0 Å². The summed E-state index contributed by atoms with van der Waals surface area (Å²) in [5.41, 5.74) is 0.892. The third-order valence-electron chi connectivity index (χ3n) is 2.08. The van der Waals surface area contributed by atoms with Gasteiger partial charge in [0, 0.05) is 6.04 Å². The van der Waals surface area contributed by atoms with Gasteiger partial charge in [-0.15, -0.1) is 0 Å². The summed E-state index contributed by atoms with van der Waals surface area (Å²) < 4.78 is 5.37. The molecule has 0 saturated carbocycles. The van der Waals surface area contributed by atoms with E-state index in [0.29, 0.717) is 12.4 Å². The Labute approximate surface area is 95.6 Å². The van der Waals surface area contributed by atoms with Gasteiger partial charge in [-0.2, -0.15) is 0 Å². The molecule has 0 fully saturated rings. The highest BCUT2D eigenvalue weighted by atomic mass is 16.4. The molecule has 5 nitrogen and oxygen atoms in total. The first-order chi connectivity index (χ1) is 7.49. The number of hydrogen-bond donors (Lipinski definition) is 2. The summed E-state index contributed by atoms with van der Waals surface area (Å²) in [7, 11) is 0. The first-order valence-electron chi connectivity index (χ1n) is 5.42. The zero-order chi connectivity index (χ0) is 12.1. The summed E-state index contributed by atoms with van der Waals surface area (Å²) in [6.45, 7) is 8.38. The van der Waals surface area contributed by atoms with E-state index in [-0.39, 0.29) is 18.5 Å². The molecular weight excluding hydrogens is 206 g/mol. The van der Waals surface area contributed by atoms with Crippen LogP contribution in [0.15, 0.2) is 4.42 Å². The summed E-state index contributed by atoms with van der Waals surface area (Å²) in [6, 6.07) is 0.167. The summed E-state index contributed by atoms with van der Waals surface area (Å²) in [4.78, 5) is 15.5. The molecule has 0 radical (unpaired) electrons. The van der Waals surface area contributed by atoms with Crippen LogP contribution in [-0.2, 0) is 11.3 Å². The lowest BCUT2D eigenvalue weighted by Gasteiger charge is -2.07. The predicted molar refractivity (Wildman–Crippen MR) is 61.0 cm³/mol. The molecule has 1 aromatic rings. The number of carbonyl (C=O) groups excluding carboxylic acids is 1.